The summed E-state index contributed by atoms with van der Waals surface area (Å²) in [6, 6.07) is 23.9. The molecular formula is C31H25FN4O4S. The van der Waals surface area contributed by atoms with Crippen molar-refractivity contribution in [3.8, 4) is 5.75 Å². The Bertz CT molecular complexity index is 1610. The van der Waals surface area contributed by atoms with Gasteiger partial charge in [-0.1, -0.05) is 48.0 Å². The Morgan fingerprint density at radius 3 is 2.59 bits per heavy atom. The number of ether oxygens (including phenoxy) is 1. The van der Waals surface area contributed by atoms with Crippen molar-refractivity contribution >= 4 is 46.7 Å². The largest absolute Gasteiger partial charge is 0.483 e. The molecule has 5 rings (SSSR count). The predicted molar refractivity (Wildman–Crippen MR) is 158 cm³/mol. The number of rotatable bonds is 9. The molecule has 0 unspecified atom stereocenters. The van der Waals surface area contributed by atoms with Crippen LogP contribution >= 0.6 is 11.8 Å². The minimum atomic E-state index is -0.346. The zero-order valence-corrected chi connectivity index (χ0v) is 22.8. The highest BCUT2D eigenvalue weighted by molar-refractivity contribution is 8.18. The molecule has 0 atom stereocenters. The molecule has 0 radical (unpaired) electrons. The first-order chi connectivity index (χ1) is 19.9. The number of benzene rings is 3. The lowest BCUT2D eigenvalue weighted by Crippen LogP contribution is -2.28. The lowest BCUT2D eigenvalue weighted by atomic mass is 10.2. The molecule has 1 aromatic heterocycles. The summed E-state index contributed by atoms with van der Waals surface area (Å²) in [5, 5.41) is 11.5. The van der Waals surface area contributed by atoms with E-state index in [-0.39, 0.29) is 30.8 Å². The van der Waals surface area contributed by atoms with Crippen molar-refractivity contribution in [2.24, 2.45) is 10.2 Å². The van der Waals surface area contributed by atoms with Crippen LogP contribution in [0.3, 0.4) is 0 Å². The molecule has 0 spiro atoms. The lowest BCUT2D eigenvalue weighted by Gasteiger charge is -2.12. The van der Waals surface area contributed by atoms with Crippen LogP contribution in [0.25, 0.3) is 6.08 Å². The van der Waals surface area contributed by atoms with Gasteiger partial charge in [-0.25, -0.2) is 4.39 Å². The molecular weight excluding hydrogens is 543 g/mol. The normalized spacial score (nSPS) is 15.3. The van der Waals surface area contributed by atoms with Crippen LogP contribution in [0.5, 0.6) is 5.75 Å². The van der Waals surface area contributed by atoms with Gasteiger partial charge in [-0.3, -0.25) is 14.5 Å². The summed E-state index contributed by atoms with van der Waals surface area (Å²) >= 11 is 1.15. The number of hydrogen-bond acceptors (Lipinski definition) is 7. The molecule has 2 heterocycles. The summed E-state index contributed by atoms with van der Waals surface area (Å²) < 4.78 is 24.5. The van der Waals surface area contributed by atoms with Crippen molar-refractivity contribution in [3.63, 3.8) is 0 Å². The van der Waals surface area contributed by atoms with E-state index < -0.39 is 0 Å². The quantitative estimate of drug-likeness (QED) is 0.146. The van der Waals surface area contributed by atoms with Crippen molar-refractivity contribution in [1.82, 2.24) is 4.90 Å². The third-order valence-electron chi connectivity index (χ3n) is 5.90. The highest BCUT2D eigenvalue weighted by Crippen LogP contribution is 2.35. The van der Waals surface area contributed by atoms with Gasteiger partial charge in [0.05, 0.1) is 23.9 Å². The number of amides is 2. The van der Waals surface area contributed by atoms with E-state index in [2.05, 4.69) is 15.5 Å². The molecule has 4 aromatic rings. The fraction of sp³-hybridized carbons (Fsp3) is 0.0968. The first-order valence-corrected chi connectivity index (χ1v) is 13.4. The fourth-order valence-corrected chi connectivity index (χ4v) is 4.75. The molecule has 10 heteroatoms. The zero-order chi connectivity index (χ0) is 28.6. The Labute approximate surface area is 240 Å². The van der Waals surface area contributed by atoms with Crippen molar-refractivity contribution < 1.29 is 23.1 Å². The van der Waals surface area contributed by atoms with Crippen molar-refractivity contribution in [2.45, 2.75) is 13.5 Å². The van der Waals surface area contributed by atoms with Crippen molar-refractivity contribution in [3.05, 3.63) is 124 Å². The van der Waals surface area contributed by atoms with Gasteiger partial charge in [0.2, 0.25) is 0 Å². The molecule has 1 fully saturated rings. The van der Waals surface area contributed by atoms with E-state index >= 15 is 0 Å². The van der Waals surface area contributed by atoms with Gasteiger partial charge in [0.15, 0.2) is 11.8 Å². The predicted octanol–water partition coefficient (Wildman–Crippen LogP) is 6.25. The van der Waals surface area contributed by atoms with E-state index in [1.807, 2.05) is 37.3 Å². The van der Waals surface area contributed by atoms with Crippen LogP contribution < -0.4 is 10.1 Å². The molecule has 0 aliphatic carbocycles. The van der Waals surface area contributed by atoms with Gasteiger partial charge in [-0.05, 0) is 72.8 Å². The second kappa shape index (κ2) is 12.9. The molecule has 206 valence electrons. The van der Waals surface area contributed by atoms with Crippen LogP contribution in [-0.2, 0) is 16.1 Å². The van der Waals surface area contributed by atoms with Gasteiger partial charge in [0, 0.05) is 11.3 Å². The molecule has 1 N–H and O–H groups in total. The Morgan fingerprint density at radius 1 is 1.05 bits per heavy atom. The number of para-hydroxylation sites is 1. The van der Waals surface area contributed by atoms with E-state index in [1.54, 1.807) is 48.5 Å². The number of amidine groups is 1. The van der Waals surface area contributed by atoms with Crippen molar-refractivity contribution in [2.75, 3.05) is 11.9 Å². The topological polar surface area (TPSA) is 96.5 Å². The Balaban J connectivity index is 1.33. The molecule has 0 bridgehead atoms. The number of thioether (sulfide) groups is 1. The molecule has 1 aliphatic rings. The van der Waals surface area contributed by atoms with E-state index in [0.29, 0.717) is 38.4 Å². The number of hydrogen-bond donors (Lipinski definition) is 1. The Kier molecular flexibility index (Phi) is 8.70. The standard InChI is InChI=1S/C31H25FN4O4S/c1-21-8-14-25(15-9-21)34-29(37)20-40-27-7-3-2-5-23(27)17-28-30(38)36(19-26-6-4-16-39-26)31(41-28)35-33-18-22-10-12-24(32)13-11-22/h2-18H,19-20H2,1H3,(H,34,37)/b28-17-,33-18-,35-31+. The molecule has 2 amide bonds. The van der Waals surface area contributed by atoms with Gasteiger partial charge in [0.25, 0.3) is 11.8 Å². The van der Waals surface area contributed by atoms with Crippen molar-refractivity contribution in [1.29, 1.82) is 0 Å². The maximum Gasteiger partial charge on any atom is 0.267 e. The number of nitrogens with zero attached hydrogens (tertiary/aromatic N) is 3. The summed E-state index contributed by atoms with van der Waals surface area (Å²) in [5.74, 6) is 0.0965. The van der Waals surface area contributed by atoms with Gasteiger partial charge in [-0.2, -0.15) is 5.10 Å². The fourth-order valence-electron chi connectivity index (χ4n) is 3.82. The monoisotopic (exact) mass is 568 g/mol. The van der Waals surface area contributed by atoms with Crippen LogP contribution in [0.1, 0.15) is 22.5 Å². The number of furan rings is 1. The molecule has 41 heavy (non-hydrogen) atoms. The van der Waals surface area contributed by atoms with E-state index in [0.717, 1.165) is 17.3 Å². The average Bonchev–Trinajstić information content (AvgIpc) is 3.59. The molecule has 1 aliphatic heterocycles. The number of carbonyl (C=O) groups excluding carboxylic acids is 2. The van der Waals surface area contributed by atoms with Crippen LogP contribution in [-0.4, -0.2) is 34.7 Å². The second-order valence-corrected chi connectivity index (χ2v) is 10.0. The van der Waals surface area contributed by atoms with E-state index in [9.17, 15) is 14.0 Å². The third kappa shape index (κ3) is 7.37. The maximum atomic E-state index is 13.4. The van der Waals surface area contributed by atoms with Gasteiger partial charge in [-0.15, -0.1) is 5.10 Å². The SMILES string of the molecule is Cc1ccc(NC(=O)COc2ccccc2/C=C2\S/C(=N/N=C\c3ccc(F)cc3)N(Cc3ccco3)C2=O)cc1. The summed E-state index contributed by atoms with van der Waals surface area (Å²) in [5.41, 5.74) is 3.06. The van der Waals surface area contributed by atoms with Gasteiger partial charge < -0.3 is 14.5 Å². The average molecular weight is 569 g/mol. The van der Waals surface area contributed by atoms with Gasteiger partial charge in [0.1, 0.15) is 17.3 Å². The number of carbonyl (C=O) groups is 2. The highest BCUT2D eigenvalue weighted by Gasteiger charge is 2.34. The summed E-state index contributed by atoms with van der Waals surface area (Å²) in [6.07, 6.45) is 4.71. The van der Waals surface area contributed by atoms with Crippen LogP contribution in [0.2, 0.25) is 0 Å². The minimum Gasteiger partial charge on any atom is -0.483 e. The van der Waals surface area contributed by atoms with Crippen LogP contribution in [0.15, 0.2) is 111 Å². The number of aryl methyl sites for hydroxylation is 1. The first kappa shape index (κ1) is 27.6. The minimum absolute atomic E-state index is 0.165. The van der Waals surface area contributed by atoms with Gasteiger partial charge >= 0.3 is 0 Å². The van der Waals surface area contributed by atoms with Crippen LogP contribution in [0, 0.1) is 12.7 Å². The summed E-state index contributed by atoms with van der Waals surface area (Å²) in [4.78, 5) is 27.8. The Morgan fingerprint density at radius 2 is 1.83 bits per heavy atom. The second-order valence-electron chi connectivity index (χ2n) is 9.00. The zero-order valence-electron chi connectivity index (χ0n) is 22.0. The Hall–Kier alpha value is -4.96. The maximum absolute atomic E-state index is 13.4. The molecule has 8 nitrogen and oxygen atoms in total. The highest BCUT2D eigenvalue weighted by atomic mass is 32.2. The smallest absolute Gasteiger partial charge is 0.267 e. The third-order valence-corrected chi connectivity index (χ3v) is 6.90. The molecule has 0 saturated carbocycles. The molecule has 1 saturated heterocycles. The van der Waals surface area contributed by atoms with Crippen LogP contribution in [0.4, 0.5) is 10.1 Å². The number of nitrogens with one attached hydrogen (secondary N) is 1. The lowest BCUT2D eigenvalue weighted by molar-refractivity contribution is -0.122. The van der Waals surface area contributed by atoms with E-state index in [4.69, 9.17) is 9.15 Å². The number of halogens is 1. The van der Waals surface area contributed by atoms with E-state index in [1.165, 1.54) is 29.5 Å². The number of anilines is 1. The molecule has 3 aromatic carbocycles. The summed E-state index contributed by atoms with van der Waals surface area (Å²) in [7, 11) is 0. The summed E-state index contributed by atoms with van der Waals surface area (Å²) in [6.45, 7) is 1.93. The first-order valence-electron chi connectivity index (χ1n) is 12.6.